The Balaban J connectivity index is 1.77. The van der Waals surface area contributed by atoms with E-state index in [0.29, 0.717) is 23.8 Å². The Morgan fingerprint density at radius 3 is 2.70 bits per heavy atom. The summed E-state index contributed by atoms with van der Waals surface area (Å²) in [5, 5.41) is 9.54. The fourth-order valence-electron chi connectivity index (χ4n) is 3.82. The molecule has 1 amide bonds. The molecule has 1 saturated heterocycles. The molecule has 2 fully saturated rings. The van der Waals surface area contributed by atoms with Gasteiger partial charge in [0.1, 0.15) is 18.4 Å². The highest BCUT2D eigenvalue weighted by Gasteiger charge is 2.49. The normalized spacial score (nSPS) is 25.7. The quantitative estimate of drug-likeness (QED) is 0.864. The first kappa shape index (κ1) is 15.4. The van der Waals surface area contributed by atoms with E-state index in [1.807, 2.05) is 0 Å². The minimum absolute atomic E-state index is 0.0923. The van der Waals surface area contributed by atoms with Gasteiger partial charge >= 0.3 is 5.97 Å². The van der Waals surface area contributed by atoms with Crippen molar-refractivity contribution >= 4 is 11.9 Å². The molecule has 5 heteroatoms. The molecule has 0 spiro atoms. The summed E-state index contributed by atoms with van der Waals surface area (Å²) in [5.41, 5.74) is 0.476. The van der Waals surface area contributed by atoms with E-state index in [4.69, 9.17) is 11.2 Å². The van der Waals surface area contributed by atoms with Crippen LogP contribution in [-0.2, 0) is 4.79 Å². The van der Waals surface area contributed by atoms with Crippen molar-refractivity contribution < 1.29 is 19.4 Å². The fourth-order valence-corrected chi connectivity index (χ4v) is 3.82. The van der Waals surface area contributed by atoms with E-state index in [1.165, 1.54) is 4.90 Å². The lowest BCUT2D eigenvalue weighted by molar-refractivity contribution is -0.142. The number of ether oxygens (including phenoxy) is 1. The van der Waals surface area contributed by atoms with E-state index in [0.717, 1.165) is 19.3 Å². The maximum absolute atomic E-state index is 12.7. The lowest BCUT2D eigenvalue weighted by Gasteiger charge is -2.24. The van der Waals surface area contributed by atoms with Gasteiger partial charge in [-0.1, -0.05) is 12.3 Å². The molecule has 0 aromatic heterocycles. The van der Waals surface area contributed by atoms with Crippen LogP contribution in [0.3, 0.4) is 0 Å². The van der Waals surface area contributed by atoms with Gasteiger partial charge in [0.25, 0.3) is 5.91 Å². The number of carboxylic acids is 1. The molecule has 2 aliphatic rings. The maximum Gasteiger partial charge on any atom is 0.326 e. The second-order valence-electron chi connectivity index (χ2n) is 6.11. The van der Waals surface area contributed by atoms with Crippen LogP contribution in [0.2, 0.25) is 0 Å². The number of nitrogens with zero attached hydrogens (tertiary/aromatic N) is 1. The Morgan fingerprint density at radius 2 is 2.04 bits per heavy atom. The molecular weight excluding hydrogens is 294 g/mol. The van der Waals surface area contributed by atoms with Crippen LogP contribution in [0.4, 0.5) is 0 Å². The predicted octanol–water partition coefficient (Wildman–Crippen LogP) is 2.02. The Bertz CT molecular complexity index is 646. The van der Waals surface area contributed by atoms with Crippen molar-refractivity contribution in [2.45, 2.75) is 25.3 Å². The van der Waals surface area contributed by atoms with Crippen LogP contribution in [-0.4, -0.2) is 41.1 Å². The molecule has 23 heavy (non-hydrogen) atoms. The van der Waals surface area contributed by atoms with Gasteiger partial charge in [0.15, 0.2) is 0 Å². The van der Waals surface area contributed by atoms with Gasteiger partial charge in [-0.15, -0.1) is 6.42 Å². The minimum atomic E-state index is -0.901. The van der Waals surface area contributed by atoms with Crippen LogP contribution in [0.15, 0.2) is 24.3 Å². The number of amides is 1. The molecule has 1 aromatic carbocycles. The third kappa shape index (κ3) is 2.89. The Kier molecular flexibility index (Phi) is 4.24. The van der Waals surface area contributed by atoms with Crippen molar-refractivity contribution in [2.24, 2.45) is 11.8 Å². The van der Waals surface area contributed by atoms with Gasteiger partial charge < -0.3 is 14.7 Å². The molecule has 5 nitrogen and oxygen atoms in total. The van der Waals surface area contributed by atoms with Crippen molar-refractivity contribution in [3.63, 3.8) is 0 Å². The van der Waals surface area contributed by atoms with Crippen molar-refractivity contribution in [1.82, 2.24) is 4.90 Å². The summed E-state index contributed by atoms with van der Waals surface area (Å²) in [6.07, 6.45) is 8.10. The highest BCUT2D eigenvalue weighted by Crippen LogP contribution is 2.42. The smallest absolute Gasteiger partial charge is 0.326 e. The third-order valence-corrected chi connectivity index (χ3v) is 4.83. The molecule has 3 atom stereocenters. The van der Waals surface area contributed by atoms with Gasteiger partial charge in [0.05, 0.1) is 0 Å². The number of hydrogen-bond donors (Lipinski definition) is 1. The number of carbonyl (C=O) groups is 2. The lowest BCUT2D eigenvalue weighted by atomic mass is 9.94. The number of terminal acetylenes is 1. The summed E-state index contributed by atoms with van der Waals surface area (Å²) in [6.45, 7) is 0.708. The molecule has 1 N–H and O–H groups in total. The molecule has 1 aliphatic heterocycles. The van der Waals surface area contributed by atoms with Crippen LogP contribution < -0.4 is 4.74 Å². The maximum atomic E-state index is 12.7. The lowest BCUT2D eigenvalue weighted by Crippen LogP contribution is -2.43. The molecule has 120 valence electrons. The number of carbonyl (C=O) groups excluding carboxylic acids is 1. The number of carboxylic acid groups (broad SMARTS) is 1. The average molecular weight is 313 g/mol. The van der Waals surface area contributed by atoms with Gasteiger partial charge in [0.2, 0.25) is 0 Å². The summed E-state index contributed by atoms with van der Waals surface area (Å²) in [6, 6.07) is 5.96. The van der Waals surface area contributed by atoms with Gasteiger partial charge in [0, 0.05) is 12.1 Å². The van der Waals surface area contributed by atoms with Gasteiger partial charge in [-0.25, -0.2) is 4.79 Å². The Hall–Kier alpha value is -2.48. The molecule has 1 aromatic rings. The molecule has 1 heterocycles. The standard InChI is InChI=1S/C18H19NO4/c1-2-10-23-14-8-6-12(7-9-14)17(20)19-11-13-4-3-5-15(13)16(19)18(21)22/h1,6-9,13,15-16H,3-5,10-11H2,(H,21,22). The first-order valence-electron chi connectivity index (χ1n) is 7.82. The molecule has 3 rings (SSSR count). The number of hydrogen-bond acceptors (Lipinski definition) is 3. The molecule has 1 saturated carbocycles. The zero-order chi connectivity index (χ0) is 16.4. The van der Waals surface area contributed by atoms with Crippen molar-refractivity contribution in [3.05, 3.63) is 29.8 Å². The van der Waals surface area contributed by atoms with Gasteiger partial charge in [-0.2, -0.15) is 0 Å². The molecular formula is C18H19NO4. The van der Waals surface area contributed by atoms with E-state index in [1.54, 1.807) is 24.3 Å². The number of aliphatic carboxylic acids is 1. The SMILES string of the molecule is C#CCOc1ccc(C(=O)N2CC3CCCC3C2C(=O)O)cc1. The van der Waals surface area contributed by atoms with Crippen LogP contribution >= 0.6 is 0 Å². The predicted molar refractivity (Wildman–Crippen MR) is 84.1 cm³/mol. The number of likely N-dealkylation sites (tertiary alicyclic amines) is 1. The third-order valence-electron chi connectivity index (χ3n) is 4.83. The van der Waals surface area contributed by atoms with Gasteiger partial charge in [-0.05, 0) is 48.9 Å². The van der Waals surface area contributed by atoms with Crippen LogP contribution in [0, 0.1) is 24.2 Å². The summed E-state index contributed by atoms with van der Waals surface area (Å²) in [5.74, 6) is 2.25. The van der Waals surface area contributed by atoms with Gasteiger partial charge in [-0.3, -0.25) is 4.79 Å². The van der Waals surface area contributed by atoms with Crippen molar-refractivity contribution in [3.8, 4) is 18.1 Å². The zero-order valence-corrected chi connectivity index (χ0v) is 12.8. The molecule has 1 aliphatic carbocycles. The van der Waals surface area contributed by atoms with E-state index in [9.17, 15) is 14.7 Å². The van der Waals surface area contributed by atoms with E-state index in [2.05, 4.69) is 5.92 Å². The van der Waals surface area contributed by atoms with E-state index < -0.39 is 12.0 Å². The molecule has 0 radical (unpaired) electrons. The number of fused-ring (bicyclic) bond motifs is 1. The molecule has 3 unspecified atom stereocenters. The highest BCUT2D eigenvalue weighted by atomic mass is 16.5. The summed E-state index contributed by atoms with van der Waals surface area (Å²) in [4.78, 5) is 25.9. The zero-order valence-electron chi connectivity index (χ0n) is 12.8. The number of rotatable bonds is 4. The summed E-state index contributed by atoms with van der Waals surface area (Å²) < 4.78 is 5.28. The first-order chi connectivity index (χ1) is 11.1. The molecule has 0 bridgehead atoms. The number of benzene rings is 1. The second-order valence-corrected chi connectivity index (χ2v) is 6.11. The summed E-state index contributed by atoms with van der Waals surface area (Å²) >= 11 is 0. The van der Waals surface area contributed by atoms with Crippen LogP contribution in [0.5, 0.6) is 5.75 Å². The van der Waals surface area contributed by atoms with Crippen molar-refractivity contribution in [1.29, 1.82) is 0 Å². The van der Waals surface area contributed by atoms with E-state index >= 15 is 0 Å². The topological polar surface area (TPSA) is 66.8 Å². The minimum Gasteiger partial charge on any atom is -0.481 e. The Labute approximate surface area is 135 Å². The Morgan fingerprint density at radius 1 is 1.30 bits per heavy atom. The van der Waals surface area contributed by atoms with Crippen molar-refractivity contribution in [2.75, 3.05) is 13.2 Å². The fraction of sp³-hybridized carbons (Fsp3) is 0.444. The highest BCUT2D eigenvalue weighted by molar-refractivity contribution is 5.97. The average Bonchev–Trinajstić information content (AvgIpc) is 3.12. The summed E-state index contributed by atoms with van der Waals surface area (Å²) in [7, 11) is 0. The largest absolute Gasteiger partial charge is 0.481 e. The second kappa shape index (κ2) is 6.33. The van der Waals surface area contributed by atoms with Crippen LogP contribution in [0.25, 0.3) is 0 Å². The van der Waals surface area contributed by atoms with E-state index in [-0.39, 0.29) is 18.4 Å². The first-order valence-corrected chi connectivity index (χ1v) is 7.82. The monoisotopic (exact) mass is 313 g/mol. The van der Waals surface area contributed by atoms with Crippen LogP contribution in [0.1, 0.15) is 29.6 Å².